The Kier molecular flexibility index (Phi) is 4.44. The lowest BCUT2D eigenvalue weighted by Gasteiger charge is -2.10. The summed E-state index contributed by atoms with van der Waals surface area (Å²) in [5.41, 5.74) is 3.75. The van der Waals surface area contributed by atoms with Crippen LogP contribution in [0.5, 0.6) is 0 Å². The zero-order chi connectivity index (χ0) is 16.4. The summed E-state index contributed by atoms with van der Waals surface area (Å²) in [6, 6.07) is 12.2. The zero-order valence-corrected chi connectivity index (χ0v) is 14.2. The van der Waals surface area contributed by atoms with Gasteiger partial charge >= 0.3 is 0 Å². The summed E-state index contributed by atoms with van der Waals surface area (Å²) < 4.78 is 1.86. The maximum absolute atomic E-state index is 10.9. The molecule has 0 aliphatic heterocycles. The lowest BCUT2D eigenvalue weighted by molar-refractivity contribution is -0.576. The minimum atomic E-state index is 0.197. The number of pyridine rings is 1. The van der Waals surface area contributed by atoms with Gasteiger partial charge in [0.15, 0.2) is 23.1 Å². The summed E-state index contributed by atoms with van der Waals surface area (Å²) in [6.45, 7) is 4.11. The summed E-state index contributed by atoms with van der Waals surface area (Å²) in [5.74, 6) is 0.197. The first-order valence-corrected chi connectivity index (χ1v) is 8.25. The fraction of sp³-hybridized carbons (Fsp3) is 0.263. The number of hydrogen-bond donors (Lipinski definition) is 2. The van der Waals surface area contributed by atoms with Gasteiger partial charge in [-0.3, -0.25) is 0 Å². The summed E-state index contributed by atoms with van der Waals surface area (Å²) in [5, 5.41) is 14.2. The number of aromatic nitrogens is 1. The van der Waals surface area contributed by atoms with Crippen molar-refractivity contribution in [3.63, 3.8) is 0 Å². The van der Waals surface area contributed by atoms with E-state index in [1.165, 1.54) is 5.56 Å². The number of thiocarbonyl (C=S) groups is 1. The average molecular weight is 325 g/mol. The Balaban J connectivity index is 2.07. The average Bonchev–Trinajstić information content (AvgIpc) is 3.35. The molecular weight excluding hydrogens is 304 g/mol. The molecule has 0 atom stereocenters. The monoisotopic (exact) mass is 325 g/mol. The number of benzene rings is 1. The van der Waals surface area contributed by atoms with Crippen molar-refractivity contribution >= 4 is 28.7 Å². The Morgan fingerprint density at radius 2 is 1.83 bits per heavy atom. The molecule has 3 nitrogen and oxygen atoms in total. The standard InChI is InChI=1S/C19H20N2OS/c1-13-6-7-15(12-14(13)2)18(22)17(19(23)20-16-8-9-16)21-10-4-3-5-11-21/h3-7,10-12,16H,8-9H2,1-2H3,(H-,20,22,23)/p+1. The van der Waals surface area contributed by atoms with Gasteiger partial charge in [0.05, 0.1) is 0 Å². The van der Waals surface area contributed by atoms with E-state index in [4.69, 9.17) is 12.2 Å². The molecular formula is C19H21N2OS+. The van der Waals surface area contributed by atoms with Gasteiger partial charge in [-0.1, -0.05) is 30.4 Å². The second-order valence-corrected chi connectivity index (χ2v) is 6.43. The second-order valence-electron chi connectivity index (χ2n) is 6.03. The number of aliphatic hydroxyl groups is 1. The summed E-state index contributed by atoms with van der Waals surface area (Å²) in [4.78, 5) is 0.583. The Labute approximate surface area is 142 Å². The lowest BCUT2D eigenvalue weighted by Crippen LogP contribution is -2.41. The van der Waals surface area contributed by atoms with Gasteiger partial charge in [-0.15, -0.1) is 0 Å². The highest BCUT2D eigenvalue weighted by Gasteiger charge is 2.29. The molecule has 4 heteroatoms. The summed E-state index contributed by atoms with van der Waals surface area (Å²) in [6.07, 6.45) is 6.06. The van der Waals surface area contributed by atoms with E-state index in [0.717, 1.165) is 24.0 Å². The van der Waals surface area contributed by atoms with E-state index in [0.29, 0.717) is 16.7 Å². The van der Waals surface area contributed by atoms with Crippen LogP contribution in [0.15, 0.2) is 48.8 Å². The molecule has 1 aromatic carbocycles. The second kappa shape index (κ2) is 6.50. The van der Waals surface area contributed by atoms with Gasteiger partial charge < -0.3 is 10.4 Å². The van der Waals surface area contributed by atoms with Crippen molar-refractivity contribution in [3.05, 3.63) is 65.5 Å². The first kappa shape index (κ1) is 15.7. The molecule has 0 radical (unpaired) electrons. The molecule has 0 saturated heterocycles. The Morgan fingerprint density at radius 1 is 1.13 bits per heavy atom. The van der Waals surface area contributed by atoms with Gasteiger partial charge in [-0.2, -0.15) is 4.57 Å². The van der Waals surface area contributed by atoms with Crippen LogP contribution in [-0.4, -0.2) is 16.1 Å². The normalized spacial score (nSPS) is 15.0. The molecule has 1 saturated carbocycles. The highest BCUT2D eigenvalue weighted by molar-refractivity contribution is 7.81. The smallest absolute Gasteiger partial charge is 0.287 e. The largest absolute Gasteiger partial charge is 0.502 e. The van der Waals surface area contributed by atoms with Crippen molar-refractivity contribution in [2.75, 3.05) is 0 Å². The fourth-order valence-electron chi connectivity index (χ4n) is 2.40. The predicted molar refractivity (Wildman–Crippen MR) is 97.0 cm³/mol. The molecule has 1 aliphatic rings. The van der Waals surface area contributed by atoms with E-state index in [-0.39, 0.29) is 5.76 Å². The van der Waals surface area contributed by atoms with Crippen LogP contribution in [-0.2, 0) is 0 Å². The molecule has 0 amide bonds. The van der Waals surface area contributed by atoms with Gasteiger partial charge in [0.25, 0.3) is 5.70 Å². The first-order chi connectivity index (χ1) is 11.1. The molecule has 1 aliphatic carbocycles. The number of aliphatic hydroxyl groups excluding tert-OH is 1. The van der Waals surface area contributed by atoms with Crippen LogP contribution in [0, 0.1) is 13.8 Å². The number of nitrogens with one attached hydrogen (secondary N) is 1. The van der Waals surface area contributed by atoms with Crippen molar-refractivity contribution in [2.45, 2.75) is 32.7 Å². The van der Waals surface area contributed by atoms with E-state index in [1.54, 1.807) is 0 Å². The summed E-state index contributed by atoms with van der Waals surface area (Å²) >= 11 is 5.56. The third-order valence-electron chi connectivity index (χ3n) is 4.11. The topological polar surface area (TPSA) is 36.1 Å². The first-order valence-electron chi connectivity index (χ1n) is 7.84. The SMILES string of the molecule is Cc1ccc(C(O)=C(C(=S)NC2CC2)[n+]2ccccc2)cc1C. The number of nitrogens with zero attached hydrogens (tertiary/aromatic N) is 1. The van der Waals surface area contributed by atoms with Crippen LogP contribution >= 0.6 is 12.2 Å². The van der Waals surface area contributed by atoms with E-state index >= 15 is 0 Å². The highest BCUT2D eigenvalue weighted by atomic mass is 32.1. The van der Waals surface area contributed by atoms with Crippen LogP contribution in [0.1, 0.15) is 29.5 Å². The van der Waals surface area contributed by atoms with Gasteiger partial charge in [-0.25, -0.2) is 0 Å². The highest BCUT2D eigenvalue weighted by Crippen LogP contribution is 2.23. The lowest BCUT2D eigenvalue weighted by atomic mass is 10.0. The van der Waals surface area contributed by atoms with E-state index in [1.807, 2.05) is 60.3 Å². The van der Waals surface area contributed by atoms with Crippen LogP contribution < -0.4 is 9.88 Å². The van der Waals surface area contributed by atoms with Gasteiger partial charge in [0.2, 0.25) is 0 Å². The Bertz CT molecular complexity index is 764. The third-order valence-corrected chi connectivity index (χ3v) is 4.42. The number of rotatable bonds is 4. The van der Waals surface area contributed by atoms with Crippen LogP contribution in [0.2, 0.25) is 0 Å². The molecule has 23 heavy (non-hydrogen) atoms. The van der Waals surface area contributed by atoms with E-state index in [2.05, 4.69) is 12.2 Å². The maximum atomic E-state index is 10.9. The third kappa shape index (κ3) is 3.59. The van der Waals surface area contributed by atoms with Crippen molar-refractivity contribution in [3.8, 4) is 0 Å². The molecule has 1 aromatic heterocycles. The van der Waals surface area contributed by atoms with Crippen molar-refractivity contribution in [2.24, 2.45) is 0 Å². The van der Waals surface area contributed by atoms with Crippen molar-refractivity contribution in [1.82, 2.24) is 5.32 Å². The zero-order valence-electron chi connectivity index (χ0n) is 13.4. The Morgan fingerprint density at radius 3 is 2.43 bits per heavy atom. The molecule has 118 valence electrons. The molecule has 1 heterocycles. The molecule has 2 aromatic rings. The van der Waals surface area contributed by atoms with Crippen LogP contribution in [0.4, 0.5) is 0 Å². The maximum Gasteiger partial charge on any atom is 0.287 e. The van der Waals surface area contributed by atoms with Crippen LogP contribution in [0.3, 0.4) is 0 Å². The minimum Gasteiger partial charge on any atom is -0.502 e. The minimum absolute atomic E-state index is 0.197. The number of aryl methyl sites for hydroxylation is 2. The number of hydrogen-bond acceptors (Lipinski definition) is 2. The molecule has 3 rings (SSSR count). The fourth-order valence-corrected chi connectivity index (χ4v) is 2.77. The van der Waals surface area contributed by atoms with Gasteiger partial charge in [0, 0.05) is 23.7 Å². The molecule has 0 unspecified atom stereocenters. The van der Waals surface area contributed by atoms with Crippen LogP contribution in [0.25, 0.3) is 11.5 Å². The molecule has 2 N–H and O–H groups in total. The van der Waals surface area contributed by atoms with Gasteiger partial charge in [0.1, 0.15) is 0 Å². The summed E-state index contributed by atoms with van der Waals surface area (Å²) in [7, 11) is 0. The van der Waals surface area contributed by atoms with E-state index < -0.39 is 0 Å². The quantitative estimate of drug-likeness (QED) is 0.391. The molecule has 1 fully saturated rings. The van der Waals surface area contributed by atoms with Gasteiger partial charge in [-0.05, 0) is 43.9 Å². The van der Waals surface area contributed by atoms with Crippen molar-refractivity contribution < 1.29 is 9.67 Å². The predicted octanol–water partition coefficient (Wildman–Crippen LogP) is 3.55. The van der Waals surface area contributed by atoms with E-state index in [9.17, 15) is 5.11 Å². The molecule has 0 spiro atoms. The Hall–Kier alpha value is -2.20. The molecule has 0 bridgehead atoms. The van der Waals surface area contributed by atoms with Crippen molar-refractivity contribution in [1.29, 1.82) is 0 Å².